The molecule has 0 atom stereocenters. The summed E-state index contributed by atoms with van der Waals surface area (Å²) in [7, 11) is 0. The van der Waals surface area contributed by atoms with Crippen LogP contribution in [0.2, 0.25) is 0 Å². The third-order valence-electron chi connectivity index (χ3n) is 3.36. The lowest BCUT2D eigenvalue weighted by Crippen LogP contribution is -2.14. The van der Waals surface area contributed by atoms with Crippen LogP contribution in [0.1, 0.15) is 18.4 Å². The molecule has 0 bridgehead atoms. The number of nitrogens with two attached hydrogens (primary N) is 1. The third kappa shape index (κ3) is 1.90. The standard InChI is InChI=1S/C14H15N3O/c1-8-2-3-10-6-12(16-7-11(10)13(8)15)17-14(18)9-4-5-9/h2-3,6-7,9H,4-5,15H2,1H3,(H,16,17,18). The van der Waals surface area contributed by atoms with Gasteiger partial charge in [-0.2, -0.15) is 0 Å². The fourth-order valence-corrected chi connectivity index (χ4v) is 1.99. The highest BCUT2D eigenvalue weighted by molar-refractivity contribution is 5.98. The van der Waals surface area contributed by atoms with Gasteiger partial charge in [0.1, 0.15) is 5.82 Å². The lowest BCUT2D eigenvalue weighted by molar-refractivity contribution is -0.117. The molecule has 0 saturated heterocycles. The molecule has 1 saturated carbocycles. The van der Waals surface area contributed by atoms with Crippen molar-refractivity contribution in [3.8, 4) is 0 Å². The van der Waals surface area contributed by atoms with Gasteiger partial charge in [-0.1, -0.05) is 12.1 Å². The lowest BCUT2D eigenvalue weighted by atomic mass is 10.1. The maximum absolute atomic E-state index is 11.7. The first-order valence-corrected chi connectivity index (χ1v) is 6.11. The van der Waals surface area contributed by atoms with Crippen molar-refractivity contribution in [3.05, 3.63) is 30.0 Å². The van der Waals surface area contributed by atoms with Gasteiger partial charge in [0.2, 0.25) is 5.91 Å². The number of anilines is 2. The Hall–Kier alpha value is -2.10. The highest BCUT2D eigenvalue weighted by atomic mass is 16.2. The van der Waals surface area contributed by atoms with Crippen LogP contribution >= 0.6 is 0 Å². The maximum Gasteiger partial charge on any atom is 0.228 e. The Labute approximate surface area is 105 Å². The van der Waals surface area contributed by atoms with Gasteiger partial charge < -0.3 is 11.1 Å². The summed E-state index contributed by atoms with van der Waals surface area (Å²) in [6, 6.07) is 5.84. The number of aryl methyl sites for hydroxylation is 1. The van der Waals surface area contributed by atoms with E-state index in [2.05, 4.69) is 10.3 Å². The second-order valence-corrected chi connectivity index (χ2v) is 4.85. The summed E-state index contributed by atoms with van der Waals surface area (Å²) < 4.78 is 0. The molecule has 0 radical (unpaired) electrons. The molecule has 1 heterocycles. The topological polar surface area (TPSA) is 68.0 Å². The number of nitrogens with zero attached hydrogens (tertiary/aromatic N) is 1. The van der Waals surface area contributed by atoms with Gasteiger partial charge in [-0.15, -0.1) is 0 Å². The minimum atomic E-state index is 0.0712. The average Bonchev–Trinajstić information content (AvgIpc) is 3.18. The van der Waals surface area contributed by atoms with Crippen LogP contribution in [0.3, 0.4) is 0 Å². The van der Waals surface area contributed by atoms with Gasteiger partial charge in [-0.05, 0) is 36.8 Å². The van der Waals surface area contributed by atoms with Crippen molar-refractivity contribution in [2.45, 2.75) is 19.8 Å². The molecule has 0 spiro atoms. The Kier molecular flexibility index (Phi) is 2.44. The van der Waals surface area contributed by atoms with E-state index in [1.54, 1.807) is 6.20 Å². The first kappa shape index (κ1) is 11.0. The monoisotopic (exact) mass is 241 g/mol. The Morgan fingerprint density at radius 1 is 1.44 bits per heavy atom. The molecule has 18 heavy (non-hydrogen) atoms. The third-order valence-corrected chi connectivity index (χ3v) is 3.36. The van der Waals surface area contributed by atoms with Gasteiger partial charge >= 0.3 is 0 Å². The van der Waals surface area contributed by atoms with Gasteiger partial charge in [0.15, 0.2) is 0 Å². The molecule has 1 amide bonds. The number of fused-ring (bicyclic) bond motifs is 1. The van der Waals surface area contributed by atoms with Crippen LogP contribution in [0.15, 0.2) is 24.4 Å². The second-order valence-electron chi connectivity index (χ2n) is 4.85. The zero-order chi connectivity index (χ0) is 12.7. The predicted molar refractivity (Wildman–Crippen MR) is 72.2 cm³/mol. The normalized spacial score (nSPS) is 14.7. The molecule has 0 aliphatic heterocycles. The van der Waals surface area contributed by atoms with Crippen LogP contribution in [-0.2, 0) is 4.79 Å². The van der Waals surface area contributed by atoms with Crippen LogP contribution in [0.4, 0.5) is 11.5 Å². The molecular weight excluding hydrogens is 226 g/mol. The summed E-state index contributed by atoms with van der Waals surface area (Å²) >= 11 is 0. The molecule has 4 heteroatoms. The van der Waals surface area contributed by atoms with E-state index in [9.17, 15) is 4.79 Å². The van der Waals surface area contributed by atoms with E-state index < -0.39 is 0 Å². The number of rotatable bonds is 2. The first-order valence-electron chi connectivity index (χ1n) is 6.11. The zero-order valence-corrected chi connectivity index (χ0v) is 10.2. The number of pyridine rings is 1. The Bertz CT molecular complexity index is 632. The molecule has 4 nitrogen and oxygen atoms in total. The van der Waals surface area contributed by atoms with E-state index in [-0.39, 0.29) is 11.8 Å². The fraction of sp³-hybridized carbons (Fsp3) is 0.286. The van der Waals surface area contributed by atoms with E-state index in [1.807, 2.05) is 25.1 Å². The van der Waals surface area contributed by atoms with Crippen molar-refractivity contribution in [2.75, 3.05) is 11.1 Å². The van der Waals surface area contributed by atoms with Crippen molar-refractivity contribution in [3.63, 3.8) is 0 Å². The van der Waals surface area contributed by atoms with Crippen LogP contribution in [0, 0.1) is 12.8 Å². The summed E-state index contributed by atoms with van der Waals surface area (Å²) in [4.78, 5) is 15.9. The van der Waals surface area contributed by atoms with E-state index in [4.69, 9.17) is 5.73 Å². The van der Waals surface area contributed by atoms with Crippen molar-refractivity contribution >= 4 is 28.2 Å². The number of benzene rings is 1. The second kappa shape index (κ2) is 3.98. The maximum atomic E-state index is 11.7. The largest absolute Gasteiger partial charge is 0.398 e. The molecule has 2 aromatic rings. The fourth-order valence-electron chi connectivity index (χ4n) is 1.99. The number of carbonyl (C=O) groups is 1. The number of hydrogen-bond donors (Lipinski definition) is 2. The van der Waals surface area contributed by atoms with Gasteiger partial charge in [0.05, 0.1) is 0 Å². The minimum Gasteiger partial charge on any atom is -0.398 e. The van der Waals surface area contributed by atoms with Crippen LogP contribution < -0.4 is 11.1 Å². The van der Waals surface area contributed by atoms with E-state index in [0.717, 1.165) is 34.9 Å². The molecular formula is C14H15N3O. The van der Waals surface area contributed by atoms with Crippen molar-refractivity contribution in [1.29, 1.82) is 0 Å². The molecule has 1 aliphatic carbocycles. The first-order chi connectivity index (χ1) is 8.65. The molecule has 1 aromatic heterocycles. The summed E-state index contributed by atoms with van der Waals surface area (Å²) in [5, 5.41) is 4.77. The highest BCUT2D eigenvalue weighted by Gasteiger charge is 2.29. The molecule has 1 aliphatic rings. The minimum absolute atomic E-state index is 0.0712. The van der Waals surface area contributed by atoms with Crippen molar-refractivity contribution in [2.24, 2.45) is 5.92 Å². The number of aromatic nitrogens is 1. The van der Waals surface area contributed by atoms with Crippen molar-refractivity contribution in [1.82, 2.24) is 4.98 Å². The summed E-state index contributed by atoms with van der Waals surface area (Å²) in [5.41, 5.74) is 7.79. The van der Waals surface area contributed by atoms with Gasteiger partial charge in [0, 0.05) is 23.2 Å². The van der Waals surface area contributed by atoms with Crippen LogP contribution in [-0.4, -0.2) is 10.9 Å². The van der Waals surface area contributed by atoms with Crippen molar-refractivity contribution < 1.29 is 4.79 Å². The number of carbonyl (C=O) groups excluding carboxylic acids is 1. The average molecular weight is 241 g/mol. The molecule has 3 N–H and O–H groups in total. The molecule has 3 rings (SSSR count). The predicted octanol–water partition coefficient (Wildman–Crippen LogP) is 2.47. The zero-order valence-electron chi connectivity index (χ0n) is 10.2. The van der Waals surface area contributed by atoms with E-state index >= 15 is 0 Å². The smallest absolute Gasteiger partial charge is 0.228 e. The highest BCUT2D eigenvalue weighted by Crippen LogP contribution is 2.30. The number of nitrogen functional groups attached to an aromatic ring is 1. The molecule has 92 valence electrons. The van der Waals surface area contributed by atoms with E-state index in [0.29, 0.717) is 5.82 Å². The van der Waals surface area contributed by atoms with Gasteiger partial charge in [0.25, 0.3) is 0 Å². The SMILES string of the molecule is Cc1ccc2cc(NC(=O)C3CC3)ncc2c1N. The lowest BCUT2D eigenvalue weighted by Gasteiger charge is -2.08. The quantitative estimate of drug-likeness (QED) is 0.794. The molecule has 1 fully saturated rings. The Balaban J connectivity index is 1.95. The summed E-state index contributed by atoms with van der Waals surface area (Å²) in [6.45, 7) is 1.97. The Morgan fingerprint density at radius 2 is 2.22 bits per heavy atom. The van der Waals surface area contributed by atoms with Crippen LogP contribution in [0.25, 0.3) is 10.8 Å². The number of nitrogens with one attached hydrogen (secondary N) is 1. The van der Waals surface area contributed by atoms with E-state index in [1.165, 1.54) is 0 Å². The summed E-state index contributed by atoms with van der Waals surface area (Å²) in [6.07, 6.45) is 3.71. The summed E-state index contributed by atoms with van der Waals surface area (Å²) in [5.74, 6) is 0.857. The molecule has 0 unspecified atom stereocenters. The molecule has 1 aromatic carbocycles. The number of amides is 1. The van der Waals surface area contributed by atoms with Gasteiger partial charge in [-0.25, -0.2) is 4.98 Å². The number of hydrogen-bond acceptors (Lipinski definition) is 3. The Morgan fingerprint density at radius 3 is 2.94 bits per heavy atom. The van der Waals surface area contributed by atoms with Crippen LogP contribution in [0.5, 0.6) is 0 Å². The van der Waals surface area contributed by atoms with Gasteiger partial charge in [-0.3, -0.25) is 4.79 Å².